The zero-order valence-electron chi connectivity index (χ0n) is 9.23. The van der Waals surface area contributed by atoms with Crippen LogP contribution >= 0.6 is 0 Å². The summed E-state index contributed by atoms with van der Waals surface area (Å²) in [6, 6.07) is 0. The van der Waals surface area contributed by atoms with Crippen molar-refractivity contribution in [3.05, 3.63) is 0 Å². The highest BCUT2D eigenvalue weighted by atomic mass is 28.3. The lowest BCUT2D eigenvalue weighted by atomic mass is 9.87. The van der Waals surface area contributed by atoms with Gasteiger partial charge in [-0.1, -0.05) is 40.4 Å². The van der Waals surface area contributed by atoms with Gasteiger partial charge < -0.3 is 5.11 Å². The Labute approximate surface area is 77.2 Å². The lowest BCUT2D eigenvalue weighted by Gasteiger charge is -2.30. The van der Waals surface area contributed by atoms with E-state index >= 15 is 0 Å². The third-order valence-corrected chi connectivity index (χ3v) is 6.05. The number of rotatable bonds is 1. The van der Waals surface area contributed by atoms with Gasteiger partial charge in [-0.25, -0.2) is 0 Å². The summed E-state index contributed by atoms with van der Waals surface area (Å²) in [7, 11) is -1.12. The molecule has 1 N–H and O–H groups in total. The van der Waals surface area contributed by atoms with Crippen molar-refractivity contribution in [3.8, 4) is 0 Å². The lowest BCUT2D eigenvalue weighted by Crippen LogP contribution is -2.35. The van der Waals surface area contributed by atoms with Gasteiger partial charge in [0.05, 0.1) is 13.7 Å². The molecule has 0 aliphatic heterocycles. The van der Waals surface area contributed by atoms with Gasteiger partial charge in [0, 0.05) is 0 Å². The zero-order chi connectivity index (χ0) is 9.78. The molecule has 1 fully saturated rings. The molecule has 0 bridgehead atoms. The molecule has 0 amide bonds. The van der Waals surface area contributed by atoms with Gasteiger partial charge in [0.15, 0.2) is 0 Å². The van der Waals surface area contributed by atoms with E-state index in [-0.39, 0.29) is 11.0 Å². The smallest absolute Gasteiger partial charge is 0.0702 e. The van der Waals surface area contributed by atoms with Crippen molar-refractivity contribution in [2.45, 2.75) is 58.0 Å². The predicted octanol–water partition coefficient (Wildman–Crippen LogP) is 2.88. The van der Waals surface area contributed by atoms with Crippen LogP contribution in [0.25, 0.3) is 0 Å². The Kier molecular flexibility index (Phi) is 2.01. The summed E-state index contributed by atoms with van der Waals surface area (Å²) in [5.74, 6) is 0. The van der Waals surface area contributed by atoms with E-state index in [1.165, 1.54) is 0 Å². The molecule has 0 unspecified atom stereocenters. The van der Waals surface area contributed by atoms with E-state index in [1.807, 2.05) is 0 Å². The second-order valence-electron chi connectivity index (χ2n) is 6.30. The molecule has 0 aromatic rings. The van der Waals surface area contributed by atoms with Crippen LogP contribution in [-0.4, -0.2) is 18.8 Å². The molecule has 1 aliphatic carbocycles. The van der Waals surface area contributed by atoms with Crippen LogP contribution in [-0.2, 0) is 0 Å². The Balaban J connectivity index is 2.73. The molecule has 72 valence electrons. The van der Waals surface area contributed by atoms with Gasteiger partial charge in [-0.2, -0.15) is 0 Å². The van der Waals surface area contributed by atoms with E-state index in [1.54, 1.807) is 0 Å². The fraction of sp³-hybridized carbons (Fsp3) is 1.00. The zero-order valence-corrected chi connectivity index (χ0v) is 10.2. The van der Waals surface area contributed by atoms with Crippen molar-refractivity contribution in [2.75, 3.05) is 0 Å². The van der Waals surface area contributed by atoms with Gasteiger partial charge in [0.2, 0.25) is 0 Å². The first kappa shape index (κ1) is 10.3. The topological polar surface area (TPSA) is 20.2 Å². The van der Waals surface area contributed by atoms with Crippen molar-refractivity contribution in [3.63, 3.8) is 0 Å². The minimum absolute atomic E-state index is 0.0674. The molecule has 0 aromatic carbocycles. The first-order valence-corrected chi connectivity index (χ1v) is 8.39. The average molecular weight is 186 g/mol. The maximum atomic E-state index is 10.3. The number of hydrogen-bond acceptors (Lipinski definition) is 1. The predicted molar refractivity (Wildman–Crippen MR) is 56.1 cm³/mol. The molecule has 1 saturated carbocycles. The van der Waals surface area contributed by atoms with Crippen LogP contribution in [0.3, 0.4) is 0 Å². The summed E-state index contributed by atoms with van der Waals surface area (Å²) in [6.45, 7) is 13.5. The molecular weight excluding hydrogens is 164 g/mol. The van der Waals surface area contributed by atoms with Crippen molar-refractivity contribution in [2.24, 2.45) is 5.41 Å². The maximum Gasteiger partial charge on any atom is 0.0702 e. The third kappa shape index (κ3) is 1.47. The molecule has 1 aliphatic rings. The normalized spacial score (nSPS) is 36.8. The Morgan fingerprint density at radius 2 is 1.67 bits per heavy atom. The second-order valence-corrected chi connectivity index (χ2v) is 11.7. The molecule has 2 atom stereocenters. The van der Waals surface area contributed by atoms with Crippen molar-refractivity contribution in [1.82, 2.24) is 0 Å². The highest BCUT2D eigenvalue weighted by molar-refractivity contribution is 6.78. The average Bonchev–Trinajstić information content (AvgIpc) is 2.38. The Morgan fingerprint density at radius 3 is 1.75 bits per heavy atom. The molecule has 0 radical (unpaired) electrons. The van der Waals surface area contributed by atoms with Crippen molar-refractivity contribution < 1.29 is 5.11 Å². The second kappa shape index (κ2) is 2.35. The monoisotopic (exact) mass is 186 g/mol. The Hall–Kier alpha value is 0.177. The molecule has 0 saturated heterocycles. The first-order valence-electron chi connectivity index (χ1n) is 4.81. The summed E-state index contributed by atoms with van der Waals surface area (Å²) in [4.78, 5) is 0. The molecule has 0 spiro atoms. The summed E-state index contributed by atoms with van der Waals surface area (Å²) in [6.07, 6.45) is 1.03. The van der Waals surface area contributed by atoms with Crippen LogP contribution in [0.2, 0.25) is 25.2 Å². The highest BCUT2D eigenvalue weighted by Crippen LogP contribution is 2.63. The van der Waals surface area contributed by atoms with E-state index in [0.29, 0.717) is 5.54 Å². The number of aliphatic hydroxyl groups is 1. The molecular formula is C10H22OSi. The van der Waals surface area contributed by atoms with Gasteiger partial charge in [-0.05, 0) is 17.4 Å². The van der Waals surface area contributed by atoms with Crippen LogP contribution in [0.15, 0.2) is 0 Å². The molecule has 1 nitrogen and oxygen atoms in total. The molecule has 0 aromatic heterocycles. The van der Waals surface area contributed by atoms with Crippen molar-refractivity contribution >= 4 is 8.07 Å². The van der Waals surface area contributed by atoms with Crippen LogP contribution in [0.1, 0.15) is 27.2 Å². The molecule has 1 rings (SSSR count). The number of hydrogen-bond donors (Lipinski definition) is 1. The molecule has 12 heavy (non-hydrogen) atoms. The summed E-state index contributed by atoms with van der Waals surface area (Å²) in [5, 5.41) is 10.3. The summed E-state index contributed by atoms with van der Waals surface area (Å²) < 4.78 is 0. The van der Waals surface area contributed by atoms with Crippen LogP contribution in [0, 0.1) is 5.41 Å². The largest absolute Gasteiger partial charge is 0.389 e. The van der Waals surface area contributed by atoms with Crippen molar-refractivity contribution in [1.29, 1.82) is 0 Å². The fourth-order valence-electron chi connectivity index (χ4n) is 2.10. The molecule has 2 heteroatoms. The third-order valence-electron chi connectivity index (χ3n) is 3.28. The lowest BCUT2D eigenvalue weighted by molar-refractivity contribution is 0.0368. The van der Waals surface area contributed by atoms with E-state index in [9.17, 15) is 5.11 Å². The maximum absolute atomic E-state index is 10.3. The van der Waals surface area contributed by atoms with Gasteiger partial charge in [-0.3, -0.25) is 0 Å². The minimum atomic E-state index is -1.12. The SMILES string of the molecule is CC(C)(C)[C@@]1(O)C[C@H]1[Si](C)(C)C. The first-order chi connectivity index (χ1) is 5.09. The fourth-order valence-corrected chi connectivity index (χ4v) is 4.89. The Bertz CT molecular complexity index is 187. The van der Waals surface area contributed by atoms with E-state index < -0.39 is 8.07 Å². The summed E-state index contributed by atoms with van der Waals surface area (Å²) in [5.41, 5.74) is 0.333. The standard InChI is InChI=1S/C10H22OSi/c1-9(2,3)10(11)7-8(10)12(4,5)6/h8,11H,7H2,1-6H3/t8-,10-/m1/s1. The molecule has 0 heterocycles. The van der Waals surface area contributed by atoms with Crippen LogP contribution < -0.4 is 0 Å². The van der Waals surface area contributed by atoms with Crippen LogP contribution in [0.4, 0.5) is 0 Å². The van der Waals surface area contributed by atoms with Gasteiger partial charge in [0.1, 0.15) is 0 Å². The van der Waals surface area contributed by atoms with E-state index in [2.05, 4.69) is 40.4 Å². The minimum Gasteiger partial charge on any atom is -0.389 e. The Morgan fingerprint density at radius 1 is 1.25 bits per heavy atom. The van der Waals surface area contributed by atoms with Crippen LogP contribution in [0.5, 0.6) is 0 Å². The van der Waals surface area contributed by atoms with E-state index in [0.717, 1.165) is 6.42 Å². The van der Waals surface area contributed by atoms with E-state index in [4.69, 9.17) is 0 Å². The quantitative estimate of drug-likeness (QED) is 0.624. The van der Waals surface area contributed by atoms with Gasteiger partial charge in [-0.15, -0.1) is 0 Å². The highest BCUT2D eigenvalue weighted by Gasteiger charge is 2.64. The summed E-state index contributed by atoms with van der Waals surface area (Å²) >= 11 is 0. The van der Waals surface area contributed by atoms with Gasteiger partial charge >= 0.3 is 0 Å². The van der Waals surface area contributed by atoms with Gasteiger partial charge in [0.25, 0.3) is 0 Å².